The first kappa shape index (κ1) is 17.9. The lowest BCUT2D eigenvalue weighted by molar-refractivity contribution is 0.103. The fraction of sp³-hybridized carbons (Fsp3) is 0. The second kappa shape index (κ2) is 6.90. The number of para-hydroxylation sites is 1. The molecule has 5 nitrogen and oxygen atoms in total. The van der Waals surface area contributed by atoms with Gasteiger partial charge >= 0.3 is 0 Å². The van der Waals surface area contributed by atoms with Crippen LogP contribution < -0.4 is 0 Å². The second-order valence-electron chi connectivity index (χ2n) is 6.24. The third-order valence-corrected chi connectivity index (χ3v) is 6.21. The summed E-state index contributed by atoms with van der Waals surface area (Å²) >= 11 is 0. The minimum atomic E-state index is -4.00. The normalized spacial score (nSPS) is 11.4. The molecule has 1 heterocycles. The zero-order valence-corrected chi connectivity index (χ0v) is 15.5. The third-order valence-electron chi connectivity index (χ3n) is 4.47. The Labute approximate surface area is 161 Å². The molecule has 0 aliphatic carbocycles. The van der Waals surface area contributed by atoms with Crippen LogP contribution in [0.2, 0.25) is 0 Å². The monoisotopic (exact) mass is 389 g/mol. The van der Waals surface area contributed by atoms with Gasteiger partial charge in [-0.25, -0.2) is 12.4 Å². The maximum absolute atomic E-state index is 13.3. The van der Waals surface area contributed by atoms with Crippen molar-refractivity contribution >= 4 is 33.0 Å². The molecule has 138 valence electrons. The largest absolute Gasteiger partial charge is 0.298 e. The Morgan fingerprint density at radius 2 is 1.54 bits per heavy atom. The van der Waals surface area contributed by atoms with E-state index in [2.05, 4.69) is 0 Å². The van der Waals surface area contributed by atoms with Crippen LogP contribution >= 0.6 is 0 Å². The Balaban J connectivity index is 1.99. The van der Waals surface area contributed by atoms with E-state index >= 15 is 0 Å². The summed E-state index contributed by atoms with van der Waals surface area (Å²) in [6, 6.07) is 22.6. The highest BCUT2D eigenvalue weighted by molar-refractivity contribution is 7.90. The van der Waals surface area contributed by atoms with Crippen LogP contribution in [-0.2, 0) is 10.0 Å². The van der Waals surface area contributed by atoms with E-state index in [0.717, 1.165) is 3.97 Å². The van der Waals surface area contributed by atoms with Crippen LogP contribution in [0.5, 0.6) is 0 Å². The summed E-state index contributed by atoms with van der Waals surface area (Å²) in [5.41, 5.74) is 1.03. The molecule has 0 bridgehead atoms. The minimum Gasteiger partial charge on any atom is -0.298 e. The Kier molecular flexibility index (Phi) is 4.41. The fourth-order valence-electron chi connectivity index (χ4n) is 3.15. The van der Waals surface area contributed by atoms with Crippen LogP contribution in [0.15, 0.2) is 89.8 Å². The smallest absolute Gasteiger partial charge is 0.268 e. The highest BCUT2D eigenvalue weighted by Crippen LogP contribution is 2.27. The van der Waals surface area contributed by atoms with Gasteiger partial charge in [-0.15, -0.1) is 0 Å². The van der Waals surface area contributed by atoms with Gasteiger partial charge in [0, 0.05) is 16.5 Å². The number of benzene rings is 3. The third kappa shape index (κ3) is 2.93. The van der Waals surface area contributed by atoms with E-state index < -0.39 is 15.8 Å². The molecule has 0 aliphatic rings. The van der Waals surface area contributed by atoms with Crippen molar-refractivity contribution in [2.24, 2.45) is 0 Å². The summed E-state index contributed by atoms with van der Waals surface area (Å²) in [7, 11) is -4.00. The van der Waals surface area contributed by atoms with Crippen LogP contribution in [0.1, 0.15) is 26.4 Å². The molecule has 0 atom stereocenters. The number of carbonyl (C=O) groups is 2. The summed E-state index contributed by atoms with van der Waals surface area (Å²) in [4.78, 5) is 24.3. The number of ketones is 1. The van der Waals surface area contributed by atoms with Gasteiger partial charge in [-0.1, -0.05) is 54.6 Å². The fourth-order valence-corrected chi connectivity index (χ4v) is 4.68. The molecule has 0 saturated carbocycles. The number of fused-ring (bicyclic) bond motifs is 1. The maximum atomic E-state index is 13.3. The Morgan fingerprint density at radius 1 is 0.821 bits per heavy atom. The predicted molar refractivity (Wildman–Crippen MR) is 106 cm³/mol. The first-order valence-electron chi connectivity index (χ1n) is 8.53. The van der Waals surface area contributed by atoms with Crippen molar-refractivity contribution in [1.29, 1.82) is 0 Å². The van der Waals surface area contributed by atoms with Gasteiger partial charge in [-0.3, -0.25) is 9.59 Å². The van der Waals surface area contributed by atoms with Crippen LogP contribution in [0.4, 0.5) is 0 Å². The summed E-state index contributed by atoms with van der Waals surface area (Å²) < 4.78 is 27.8. The first-order valence-corrected chi connectivity index (χ1v) is 9.97. The van der Waals surface area contributed by atoms with Gasteiger partial charge in [-0.2, -0.15) is 0 Å². The van der Waals surface area contributed by atoms with Gasteiger partial charge in [-0.05, 0) is 30.3 Å². The molecule has 6 heteroatoms. The first-order chi connectivity index (χ1) is 13.5. The lowest BCUT2D eigenvalue weighted by atomic mass is 10.1. The van der Waals surface area contributed by atoms with Crippen molar-refractivity contribution in [3.05, 3.63) is 102 Å². The Hall–Kier alpha value is -3.51. The quantitative estimate of drug-likeness (QED) is 0.383. The van der Waals surface area contributed by atoms with Crippen molar-refractivity contribution in [3.63, 3.8) is 0 Å². The van der Waals surface area contributed by atoms with Crippen molar-refractivity contribution in [3.8, 4) is 0 Å². The summed E-state index contributed by atoms with van der Waals surface area (Å²) in [6.45, 7) is 0. The molecule has 0 saturated heterocycles. The zero-order chi connectivity index (χ0) is 19.7. The van der Waals surface area contributed by atoms with E-state index in [4.69, 9.17) is 0 Å². The SMILES string of the molecule is O=Cc1cccc(C(=O)c2cc3ccccc3n2S(=O)(=O)c2ccccc2)c1. The predicted octanol–water partition coefficient (Wildman–Crippen LogP) is 3.92. The van der Waals surface area contributed by atoms with Gasteiger partial charge in [0.05, 0.1) is 10.4 Å². The summed E-state index contributed by atoms with van der Waals surface area (Å²) in [5, 5.41) is 0.636. The van der Waals surface area contributed by atoms with Crippen molar-refractivity contribution in [1.82, 2.24) is 3.97 Å². The Morgan fingerprint density at radius 3 is 2.29 bits per heavy atom. The maximum Gasteiger partial charge on any atom is 0.268 e. The number of carbonyl (C=O) groups excluding carboxylic acids is 2. The van der Waals surface area contributed by atoms with Crippen LogP contribution in [0, 0.1) is 0 Å². The van der Waals surface area contributed by atoms with Crippen molar-refractivity contribution in [2.75, 3.05) is 0 Å². The molecule has 0 N–H and O–H groups in total. The average Bonchev–Trinajstić information content (AvgIpc) is 3.14. The Bertz CT molecular complexity index is 1300. The number of nitrogens with zero attached hydrogens (tertiary/aromatic N) is 1. The molecule has 0 radical (unpaired) electrons. The molecule has 0 unspecified atom stereocenters. The molecule has 4 aromatic rings. The van der Waals surface area contributed by atoms with Gasteiger partial charge in [0.25, 0.3) is 10.0 Å². The van der Waals surface area contributed by atoms with Gasteiger partial charge in [0.2, 0.25) is 5.78 Å². The number of hydrogen-bond donors (Lipinski definition) is 0. The van der Waals surface area contributed by atoms with Crippen molar-refractivity contribution in [2.45, 2.75) is 4.90 Å². The second-order valence-corrected chi connectivity index (χ2v) is 8.03. The molecule has 3 aromatic carbocycles. The van der Waals surface area contributed by atoms with E-state index in [0.29, 0.717) is 22.8 Å². The summed E-state index contributed by atoms with van der Waals surface area (Å²) in [6.07, 6.45) is 0.646. The number of rotatable bonds is 5. The molecule has 0 spiro atoms. The topological polar surface area (TPSA) is 73.2 Å². The van der Waals surface area contributed by atoms with Gasteiger partial charge in [0.15, 0.2) is 0 Å². The van der Waals surface area contributed by atoms with Gasteiger partial charge < -0.3 is 0 Å². The molecule has 0 aliphatic heterocycles. The highest BCUT2D eigenvalue weighted by Gasteiger charge is 2.26. The lowest BCUT2D eigenvalue weighted by Gasteiger charge is -2.11. The van der Waals surface area contributed by atoms with E-state index in [1.807, 2.05) is 0 Å². The average molecular weight is 389 g/mol. The van der Waals surface area contributed by atoms with E-state index in [1.165, 1.54) is 18.2 Å². The van der Waals surface area contributed by atoms with Crippen LogP contribution in [-0.4, -0.2) is 24.5 Å². The highest BCUT2D eigenvalue weighted by atomic mass is 32.2. The molecule has 0 fully saturated rings. The molecule has 1 aromatic heterocycles. The van der Waals surface area contributed by atoms with Crippen LogP contribution in [0.3, 0.4) is 0 Å². The number of aromatic nitrogens is 1. The standard InChI is InChI=1S/C22H15NO4S/c24-15-16-7-6-9-18(13-16)22(25)21-14-17-8-4-5-12-20(17)23(21)28(26,27)19-10-2-1-3-11-19/h1-15H. The molecule has 0 amide bonds. The van der Waals surface area contributed by atoms with Gasteiger partial charge in [0.1, 0.15) is 12.0 Å². The minimum absolute atomic E-state index is 0.0214. The molecular weight excluding hydrogens is 374 g/mol. The van der Waals surface area contributed by atoms with Crippen LogP contribution in [0.25, 0.3) is 10.9 Å². The van der Waals surface area contributed by atoms with E-state index in [-0.39, 0.29) is 16.2 Å². The molecule has 28 heavy (non-hydrogen) atoms. The van der Waals surface area contributed by atoms with E-state index in [1.54, 1.807) is 66.7 Å². The number of hydrogen-bond acceptors (Lipinski definition) is 4. The number of aldehydes is 1. The zero-order valence-electron chi connectivity index (χ0n) is 14.6. The lowest BCUT2D eigenvalue weighted by Crippen LogP contribution is -2.19. The van der Waals surface area contributed by atoms with E-state index in [9.17, 15) is 18.0 Å². The molecular formula is C22H15NO4S. The summed E-state index contributed by atoms with van der Waals surface area (Å²) in [5.74, 6) is -0.473. The van der Waals surface area contributed by atoms with Crippen molar-refractivity contribution < 1.29 is 18.0 Å². The molecule has 4 rings (SSSR count).